The average Bonchev–Trinajstić information content (AvgIpc) is 3.15. The van der Waals surface area contributed by atoms with Crippen molar-refractivity contribution in [3.63, 3.8) is 0 Å². The van der Waals surface area contributed by atoms with Crippen LogP contribution in [0.1, 0.15) is 11.4 Å². The fourth-order valence-corrected chi connectivity index (χ4v) is 3.15. The van der Waals surface area contributed by atoms with Crippen LogP contribution in [0.5, 0.6) is 0 Å². The molecule has 0 atom stereocenters. The normalized spacial score (nSPS) is 11.5. The SMILES string of the molecule is Nc1nccc(C=Cc2c(-c3ccc(F)cc3)nc3sccn23)n1. The molecular weight excluding hydrogens is 325 g/mol. The highest BCUT2D eigenvalue weighted by molar-refractivity contribution is 7.15. The quantitative estimate of drug-likeness (QED) is 0.618. The predicted octanol–water partition coefficient (Wildman–Crippen LogP) is 3.74. The van der Waals surface area contributed by atoms with E-state index >= 15 is 0 Å². The molecule has 5 nitrogen and oxygen atoms in total. The number of hydrogen-bond donors (Lipinski definition) is 1. The molecule has 0 bridgehead atoms. The van der Waals surface area contributed by atoms with E-state index in [9.17, 15) is 4.39 Å². The summed E-state index contributed by atoms with van der Waals surface area (Å²) in [5.74, 6) is -0.0433. The molecule has 3 aromatic heterocycles. The molecule has 7 heteroatoms. The largest absolute Gasteiger partial charge is 0.368 e. The Morgan fingerprint density at radius 1 is 1.08 bits per heavy atom. The van der Waals surface area contributed by atoms with Crippen molar-refractivity contribution in [2.24, 2.45) is 0 Å². The predicted molar refractivity (Wildman–Crippen MR) is 93.8 cm³/mol. The molecule has 4 rings (SSSR count). The van der Waals surface area contributed by atoms with Crippen LogP contribution in [0, 0.1) is 5.82 Å². The Kier molecular flexibility index (Phi) is 3.55. The summed E-state index contributed by atoms with van der Waals surface area (Å²) in [4.78, 5) is 13.6. The number of hydrogen-bond acceptors (Lipinski definition) is 5. The highest BCUT2D eigenvalue weighted by Crippen LogP contribution is 2.28. The number of rotatable bonds is 3. The Hall–Kier alpha value is -3.06. The van der Waals surface area contributed by atoms with Gasteiger partial charge in [0, 0.05) is 23.3 Å². The smallest absolute Gasteiger partial charge is 0.220 e. The van der Waals surface area contributed by atoms with Gasteiger partial charge in [0.15, 0.2) is 4.96 Å². The molecule has 2 N–H and O–H groups in total. The zero-order valence-corrected chi connectivity index (χ0v) is 13.2. The van der Waals surface area contributed by atoms with E-state index in [0.29, 0.717) is 5.69 Å². The first-order chi connectivity index (χ1) is 11.7. The van der Waals surface area contributed by atoms with Crippen molar-refractivity contribution in [3.8, 4) is 11.3 Å². The highest BCUT2D eigenvalue weighted by atomic mass is 32.1. The van der Waals surface area contributed by atoms with Gasteiger partial charge in [-0.1, -0.05) is 0 Å². The molecule has 0 saturated carbocycles. The third kappa shape index (κ3) is 2.65. The van der Waals surface area contributed by atoms with Crippen LogP contribution in [-0.4, -0.2) is 19.4 Å². The standard InChI is InChI=1S/C17H12FN5S/c18-12-3-1-11(2-4-12)15-14(23-9-10-24-17(23)22-15)6-5-13-7-8-20-16(19)21-13/h1-10H,(H2,19,20,21). The summed E-state index contributed by atoms with van der Waals surface area (Å²) in [7, 11) is 0. The lowest BCUT2D eigenvalue weighted by Gasteiger charge is -2.00. The summed E-state index contributed by atoms with van der Waals surface area (Å²) < 4.78 is 15.2. The molecule has 118 valence electrons. The molecule has 0 amide bonds. The molecule has 0 fully saturated rings. The summed E-state index contributed by atoms with van der Waals surface area (Å²) in [6.45, 7) is 0. The van der Waals surface area contributed by atoms with Crippen molar-refractivity contribution >= 4 is 34.4 Å². The number of fused-ring (bicyclic) bond motifs is 1. The Balaban J connectivity index is 1.82. The topological polar surface area (TPSA) is 69.1 Å². The number of benzene rings is 1. The number of anilines is 1. The maximum absolute atomic E-state index is 13.2. The summed E-state index contributed by atoms with van der Waals surface area (Å²) >= 11 is 1.54. The number of nitrogens with zero attached hydrogens (tertiary/aromatic N) is 4. The number of thiazole rings is 1. The van der Waals surface area contributed by atoms with Gasteiger partial charge in [-0.25, -0.2) is 19.3 Å². The van der Waals surface area contributed by atoms with Crippen LogP contribution < -0.4 is 5.73 Å². The summed E-state index contributed by atoms with van der Waals surface area (Å²) in [6.07, 6.45) is 7.34. The highest BCUT2D eigenvalue weighted by Gasteiger charge is 2.13. The third-order valence-electron chi connectivity index (χ3n) is 3.52. The Bertz CT molecular complexity index is 1030. The first-order valence-electron chi connectivity index (χ1n) is 7.19. The van der Waals surface area contributed by atoms with Gasteiger partial charge in [-0.05, 0) is 42.5 Å². The number of aromatic nitrogens is 4. The van der Waals surface area contributed by atoms with Crippen LogP contribution in [0.15, 0.2) is 48.1 Å². The maximum atomic E-state index is 13.2. The van der Waals surface area contributed by atoms with Crippen LogP contribution in [0.2, 0.25) is 0 Å². The molecule has 1 aromatic carbocycles. The molecule has 3 heterocycles. The molecule has 0 aliphatic heterocycles. The summed E-state index contributed by atoms with van der Waals surface area (Å²) in [6, 6.07) is 8.09. The lowest BCUT2D eigenvalue weighted by atomic mass is 10.1. The maximum Gasteiger partial charge on any atom is 0.220 e. The lowest BCUT2D eigenvalue weighted by Crippen LogP contribution is -1.94. The lowest BCUT2D eigenvalue weighted by molar-refractivity contribution is 0.628. The minimum atomic E-state index is -0.270. The first-order valence-corrected chi connectivity index (χ1v) is 8.07. The van der Waals surface area contributed by atoms with Crippen molar-refractivity contribution in [2.75, 3.05) is 5.73 Å². The van der Waals surface area contributed by atoms with Crippen LogP contribution in [-0.2, 0) is 0 Å². The Morgan fingerprint density at radius 3 is 2.71 bits per heavy atom. The second-order valence-electron chi connectivity index (χ2n) is 5.08. The van der Waals surface area contributed by atoms with Gasteiger partial charge >= 0.3 is 0 Å². The van der Waals surface area contributed by atoms with Gasteiger partial charge in [0.25, 0.3) is 0 Å². The average molecular weight is 337 g/mol. The van der Waals surface area contributed by atoms with Crippen LogP contribution in [0.25, 0.3) is 28.4 Å². The van der Waals surface area contributed by atoms with Crippen LogP contribution >= 0.6 is 11.3 Å². The first kappa shape index (κ1) is 14.5. The third-order valence-corrected chi connectivity index (χ3v) is 4.28. The van der Waals surface area contributed by atoms with E-state index in [4.69, 9.17) is 5.73 Å². The van der Waals surface area contributed by atoms with E-state index in [1.807, 2.05) is 28.1 Å². The minimum Gasteiger partial charge on any atom is -0.368 e. The van der Waals surface area contributed by atoms with Crippen molar-refractivity contribution in [2.45, 2.75) is 0 Å². The van der Waals surface area contributed by atoms with Gasteiger partial charge in [0.1, 0.15) is 5.82 Å². The zero-order chi connectivity index (χ0) is 16.5. The number of nitrogens with two attached hydrogens (primary N) is 1. The molecule has 0 aliphatic rings. The van der Waals surface area contributed by atoms with Crippen molar-refractivity contribution in [1.29, 1.82) is 0 Å². The van der Waals surface area contributed by atoms with Crippen molar-refractivity contribution < 1.29 is 4.39 Å². The van der Waals surface area contributed by atoms with Gasteiger partial charge in [-0.3, -0.25) is 4.40 Å². The molecular formula is C17H12FN5S. The van der Waals surface area contributed by atoms with E-state index < -0.39 is 0 Å². The molecule has 0 saturated heterocycles. The van der Waals surface area contributed by atoms with E-state index in [1.165, 1.54) is 12.1 Å². The molecule has 0 unspecified atom stereocenters. The van der Waals surface area contributed by atoms with Crippen molar-refractivity contribution in [1.82, 2.24) is 19.4 Å². The zero-order valence-electron chi connectivity index (χ0n) is 12.4. The van der Waals surface area contributed by atoms with E-state index in [1.54, 1.807) is 35.7 Å². The summed E-state index contributed by atoms with van der Waals surface area (Å²) in [5.41, 5.74) is 8.86. The molecule has 24 heavy (non-hydrogen) atoms. The van der Waals surface area contributed by atoms with Gasteiger partial charge in [0.2, 0.25) is 5.95 Å². The Morgan fingerprint density at radius 2 is 1.92 bits per heavy atom. The minimum absolute atomic E-state index is 0.227. The van der Waals surface area contributed by atoms with Crippen molar-refractivity contribution in [3.05, 3.63) is 65.3 Å². The van der Waals surface area contributed by atoms with Gasteiger partial charge in [-0.15, -0.1) is 11.3 Å². The van der Waals surface area contributed by atoms with E-state index in [2.05, 4.69) is 15.0 Å². The van der Waals surface area contributed by atoms with Crippen LogP contribution in [0.3, 0.4) is 0 Å². The van der Waals surface area contributed by atoms with Gasteiger partial charge < -0.3 is 5.73 Å². The Labute approximate surface area is 141 Å². The number of imidazole rings is 1. The summed E-state index contributed by atoms with van der Waals surface area (Å²) in [5, 5.41) is 1.97. The van der Waals surface area contributed by atoms with Crippen LogP contribution in [0.4, 0.5) is 10.3 Å². The molecule has 0 aliphatic carbocycles. The fraction of sp³-hybridized carbons (Fsp3) is 0. The second-order valence-corrected chi connectivity index (χ2v) is 5.95. The second kappa shape index (κ2) is 5.86. The molecule has 4 aromatic rings. The van der Waals surface area contributed by atoms with E-state index in [-0.39, 0.29) is 11.8 Å². The molecule has 0 radical (unpaired) electrons. The monoisotopic (exact) mass is 337 g/mol. The number of halogens is 1. The molecule has 0 spiro atoms. The van der Waals surface area contributed by atoms with Gasteiger partial charge in [-0.2, -0.15) is 0 Å². The van der Waals surface area contributed by atoms with Gasteiger partial charge in [0.05, 0.1) is 17.1 Å². The fourth-order valence-electron chi connectivity index (χ4n) is 2.43. The number of nitrogen functional groups attached to an aromatic ring is 1. The van der Waals surface area contributed by atoms with E-state index in [0.717, 1.165) is 21.9 Å².